The minimum Gasteiger partial charge on any atom is -0.469 e. The molecule has 102 valence electrons. The van der Waals surface area contributed by atoms with Crippen LogP contribution < -0.4 is 5.73 Å². The smallest absolute Gasteiger partial charge is 0.230 e. The van der Waals surface area contributed by atoms with Crippen LogP contribution >= 0.6 is 11.6 Å². The summed E-state index contributed by atoms with van der Waals surface area (Å²) in [4.78, 5) is 0. The highest BCUT2D eigenvalue weighted by molar-refractivity contribution is 6.30. The predicted molar refractivity (Wildman–Crippen MR) is 77.5 cm³/mol. The summed E-state index contributed by atoms with van der Waals surface area (Å²) in [5.74, 6) is 1.21. The first-order chi connectivity index (χ1) is 9.74. The van der Waals surface area contributed by atoms with Crippen LogP contribution in [-0.4, -0.2) is 5.16 Å². The molecule has 4 nitrogen and oxygen atoms in total. The Morgan fingerprint density at radius 1 is 1.15 bits per heavy atom. The van der Waals surface area contributed by atoms with Gasteiger partial charge in [-0.1, -0.05) is 28.9 Å². The number of hydrogen-bond acceptors (Lipinski definition) is 4. The molecule has 0 saturated heterocycles. The lowest BCUT2D eigenvalue weighted by Crippen LogP contribution is -1.94. The molecule has 2 N–H and O–H groups in total. The van der Waals surface area contributed by atoms with Gasteiger partial charge in [0, 0.05) is 17.9 Å². The quantitative estimate of drug-likeness (QED) is 0.789. The monoisotopic (exact) mass is 288 g/mol. The minimum atomic E-state index is 0.307. The van der Waals surface area contributed by atoms with Gasteiger partial charge in [-0.05, 0) is 29.8 Å². The molecule has 0 aliphatic rings. The molecule has 0 radical (unpaired) electrons. The zero-order valence-electron chi connectivity index (χ0n) is 10.7. The van der Waals surface area contributed by atoms with Gasteiger partial charge in [0.15, 0.2) is 0 Å². The Balaban J connectivity index is 1.89. The largest absolute Gasteiger partial charge is 0.469 e. The van der Waals surface area contributed by atoms with Crippen LogP contribution in [0.15, 0.2) is 51.6 Å². The van der Waals surface area contributed by atoms with Gasteiger partial charge in [0.05, 0.1) is 17.5 Å². The summed E-state index contributed by atoms with van der Waals surface area (Å²) in [6.07, 6.45) is 3.09. The van der Waals surface area contributed by atoms with Crippen molar-refractivity contribution in [3.8, 4) is 11.1 Å². The van der Waals surface area contributed by atoms with Crippen molar-refractivity contribution in [2.24, 2.45) is 0 Å². The van der Waals surface area contributed by atoms with Crippen molar-refractivity contribution in [1.82, 2.24) is 5.16 Å². The molecule has 0 saturated carbocycles. The van der Waals surface area contributed by atoms with Gasteiger partial charge in [-0.25, -0.2) is 0 Å². The van der Waals surface area contributed by atoms with Gasteiger partial charge in [0.1, 0.15) is 5.76 Å². The first-order valence-electron chi connectivity index (χ1n) is 6.26. The van der Waals surface area contributed by atoms with Crippen molar-refractivity contribution in [2.75, 3.05) is 5.73 Å². The summed E-state index contributed by atoms with van der Waals surface area (Å²) in [6, 6.07) is 11.3. The molecule has 5 heteroatoms. The number of aryl methyl sites for hydroxylation is 2. The van der Waals surface area contributed by atoms with E-state index >= 15 is 0 Å². The summed E-state index contributed by atoms with van der Waals surface area (Å²) in [5.41, 5.74) is 8.40. The summed E-state index contributed by atoms with van der Waals surface area (Å²) in [6.45, 7) is 0. The Morgan fingerprint density at radius 3 is 2.80 bits per heavy atom. The van der Waals surface area contributed by atoms with Gasteiger partial charge >= 0.3 is 0 Å². The van der Waals surface area contributed by atoms with Gasteiger partial charge in [0.25, 0.3) is 0 Å². The van der Waals surface area contributed by atoms with Crippen molar-refractivity contribution >= 4 is 17.5 Å². The van der Waals surface area contributed by atoms with Gasteiger partial charge in [-0.3, -0.25) is 0 Å². The van der Waals surface area contributed by atoms with Crippen LogP contribution in [0.2, 0.25) is 5.02 Å². The van der Waals surface area contributed by atoms with Crippen LogP contribution in [0.5, 0.6) is 0 Å². The molecule has 1 aromatic carbocycles. The highest BCUT2D eigenvalue weighted by Crippen LogP contribution is 2.31. The van der Waals surface area contributed by atoms with Crippen molar-refractivity contribution in [1.29, 1.82) is 0 Å². The highest BCUT2D eigenvalue weighted by atomic mass is 35.5. The van der Waals surface area contributed by atoms with E-state index in [0.717, 1.165) is 29.0 Å². The van der Waals surface area contributed by atoms with E-state index in [-0.39, 0.29) is 0 Å². The molecule has 0 unspecified atom stereocenters. The molecular formula is C15H13ClN2O2. The summed E-state index contributed by atoms with van der Waals surface area (Å²) in [5, 5.41) is 4.69. The highest BCUT2D eigenvalue weighted by Gasteiger charge is 2.16. The van der Waals surface area contributed by atoms with Gasteiger partial charge in [-0.2, -0.15) is 0 Å². The molecule has 0 atom stereocenters. The van der Waals surface area contributed by atoms with Crippen molar-refractivity contribution < 1.29 is 8.94 Å². The molecule has 2 aromatic heterocycles. The fraction of sp³-hybridized carbons (Fsp3) is 0.133. The van der Waals surface area contributed by atoms with Crippen LogP contribution in [0, 0.1) is 0 Å². The van der Waals surface area contributed by atoms with E-state index in [1.54, 1.807) is 6.26 Å². The van der Waals surface area contributed by atoms with E-state index in [4.69, 9.17) is 26.3 Å². The maximum atomic E-state index is 6.02. The van der Waals surface area contributed by atoms with E-state index in [1.165, 1.54) is 0 Å². The van der Waals surface area contributed by atoms with E-state index in [9.17, 15) is 0 Å². The van der Waals surface area contributed by atoms with E-state index in [2.05, 4.69) is 5.16 Å². The number of anilines is 1. The number of nitrogens with zero attached hydrogens (tertiary/aromatic N) is 1. The SMILES string of the molecule is Nc1onc(CCc2ccco2)c1-c1cccc(Cl)c1. The van der Waals surface area contributed by atoms with E-state index in [0.29, 0.717) is 17.3 Å². The molecule has 0 amide bonds. The van der Waals surface area contributed by atoms with Crippen molar-refractivity contribution in [3.05, 3.63) is 59.1 Å². The number of benzene rings is 1. The summed E-state index contributed by atoms with van der Waals surface area (Å²) >= 11 is 6.02. The van der Waals surface area contributed by atoms with Gasteiger partial charge in [0.2, 0.25) is 5.88 Å². The maximum absolute atomic E-state index is 6.02. The lowest BCUT2D eigenvalue weighted by molar-refractivity contribution is 0.425. The number of rotatable bonds is 4. The topological polar surface area (TPSA) is 65.2 Å². The molecule has 2 heterocycles. The molecule has 0 spiro atoms. The number of furan rings is 1. The molecule has 0 bridgehead atoms. The van der Waals surface area contributed by atoms with Gasteiger partial charge in [-0.15, -0.1) is 0 Å². The molecule has 3 aromatic rings. The Morgan fingerprint density at radius 2 is 2.05 bits per heavy atom. The summed E-state index contributed by atoms with van der Waals surface area (Å²) in [7, 11) is 0. The minimum absolute atomic E-state index is 0.307. The van der Waals surface area contributed by atoms with E-state index in [1.807, 2.05) is 36.4 Å². The third-order valence-electron chi connectivity index (χ3n) is 3.09. The average Bonchev–Trinajstić information content (AvgIpc) is 3.06. The maximum Gasteiger partial charge on any atom is 0.230 e. The van der Waals surface area contributed by atoms with E-state index < -0.39 is 0 Å². The van der Waals surface area contributed by atoms with Crippen molar-refractivity contribution in [3.63, 3.8) is 0 Å². The average molecular weight is 289 g/mol. The Kier molecular flexibility index (Phi) is 3.48. The molecule has 0 aliphatic carbocycles. The Bertz CT molecular complexity index is 704. The lowest BCUT2D eigenvalue weighted by Gasteiger charge is -2.02. The number of nitrogen functional groups attached to an aromatic ring is 1. The Labute approximate surface area is 121 Å². The fourth-order valence-corrected chi connectivity index (χ4v) is 2.35. The number of nitrogens with two attached hydrogens (primary N) is 1. The molecule has 3 rings (SSSR count). The number of aromatic nitrogens is 1. The molecule has 20 heavy (non-hydrogen) atoms. The first kappa shape index (κ1) is 12.8. The predicted octanol–water partition coefficient (Wildman–Crippen LogP) is 3.96. The van der Waals surface area contributed by atoms with Crippen LogP contribution in [0.3, 0.4) is 0 Å². The van der Waals surface area contributed by atoms with Crippen LogP contribution in [0.4, 0.5) is 5.88 Å². The normalized spacial score (nSPS) is 10.8. The lowest BCUT2D eigenvalue weighted by atomic mass is 10.0. The summed E-state index contributed by atoms with van der Waals surface area (Å²) < 4.78 is 10.4. The Hall–Kier alpha value is -2.20. The van der Waals surface area contributed by atoms with Crippen molar-refractivity contribution in [2.45, 2.75) is 12.8 Å². The fourth-order valence-electron chi connectivity index (χ4n) is 2.16. The zero-order valence-corrected chi connectivity index (χ0v) is 11.4. The first-order valence-corrected chi connectivity index (χ1v) is 6.64. The van der Waals surface area contributed by atoms with Crippen LogP contribution in [-0.2, 0) is 12.8 Å². The number of halogens is 1. The second-order valence-electron chi connectivity index (χ2n) is 4.46. The third kappa shape index (κ3) is 2.56. The molecule has 0 aliphatic heterocycles. The second-order valence-corrected chi connectivity index (χ2v) is 4.89. The molecule has 0 fully saturated rings. The number of hydrogen-bond donors (Lipinski definition) is 1. The van der Waals surface area contributed by atoms with Gasteiger partial charge < -0.3 is 14.7 Å². The third-order valence-corrected chi connectivity index (χ3v) is 3.33. The zero-order chi connectivity index (χ0) is 13.9. The van der Waals surface area contributed by atoms with Crippen LogP contribution in [0.25, 0.3) is 11.1 Å². The second kappa shape index (κ2) is 5.43. The molecular weight excluding hydrogens is 276 g/mol. The van der Waals surface area contributed by atoms with Crippen LogP contribution in [0.1, 0.15) is 11.5 Å². The standard InChI is InChI=1S/C15H13ClN2O2/c16-11-4-1-3-10(9-11)14-13(18-20-15(14)17)7-6-12-5-2-8-19-12/h1-5,8-9H,6-7,17H2.